The van der Waals surface area contributed by atoms with E-state index in [4.69, 9.17) is 0 Å². The Hall–Kier alpha value is 0.228. The molecule has 0 aromatic rings. The van der Waals surface area contributed by atoms with Gasteiger partial charge in [-0.1, -0.05) is 6.92 Å². The summed E-state index contributed by atoms with van der Waals surface area (Å²) in [6.07, 6.45) is 0.556. The van der Waals surface area contributed by atoms with Crippen molar-refractivity contribution in [1.82, 2.24) is 0 Å². The van der Waals surface area contributed by atoms with Gasteiger partial charge >= 0.3 is 0 Å². The zero-order valence-corrected chi connectivity index (χ0v) is 6.66. The maximum absolute atomic E-state index is 9.70. The van der Waals surface area contributed by atoms with E-state index in [1.54, 1.807) is 6.92 Å². The maximum atomic E-state index is 9.70. The third kappa shape index (κ3) is 8.87. The Bertz CT molecular complexity index is 42.8. The van der Waals surface area contributed by atoms with Crippen molar-refractivity contribution in [3.63, 3.8) is 0 Å². The van der Waals surface area contributed by atoms with Gasteiger partial charge in [-0.15, -0.1) is 0 Å². The van der Waals surface area contributed by atoms with Gasteiger partial charge in [0.2, 0.25) is 0 Å². The van der Waals surface area contributed by atoms with Crippen LogP contribution >= 0.6 is 0 Å². The molecule has 0 amide bonds. The molecule has 0 unspecified atom stereocenters. The molecule has 0 rings (SSSR count). The van der Waals surface area contributed by atoms with E-state index in [-0.39, 0.29) is 26.8 Å². The Morgan fingerprint density at radius 1 is 1.83 bits per heavy atom. The van der Waals surface area contributed by atoms with Gasteiger partial charge in [0.25, 0.3) is 0 Å². The number of rotatable bonds is 1. The Morgan fingerprint density at radius 3 is 2.00 bits per heavy atom. The predicted molar refractivity (Wildman–Crippen MR) is 20.7 cm³/mol. The largest absolute Gasteiger partial charge is 0.339 e. The average molecular weight is 255 g/mol. The summed E-state index contributed by atoms with van der Waals surface area (Å²) in [6, 6.07) is 0. The number of carbonyl (C=O) groups excluding carboxylic acids is 1. The molecule has 0 aliphatic heterocycles. The summed E-state index contributed by atoms with van der Waals surface area (Å²) in [4.78, 5) is 9.70. The minimum Gasteiger partial charge on any atom is -0.339 e. The van der Waals surface area contributed by atoms with Crippen molar-refractivity contribution in [2.24, 2.45) is 0 Å². The molecule has 1 nitrogen and oxygen atoms in total. The van der Waals surface area contributed by atoms with Crippen molar-refractivity contribution < 1.29 is 25.9 Å². The van der Waals surface area contributed by atoms with E-state index in [1.807, 2.05) is 0 Å². The molecule has 0 spiro atoms. The molecular weight excluding hydrogens is 248 g/mol. The van der Waals surface area contributed by atoms with Crippen LogP contribution in [0.3, 0.4) is 0 Å². The van der Waals surface area contributed by atoms with Crippen LogP contribution in [0, 0.1) is 6.92 Å². The van der Waals surface area contributed by atoms with E-state index < -0.39 is 0 Å². The Morgan fingerprint density at radius 2 is 2.00 bits per heavy atom. The molecule has 0 heterocycles. The van der Waals surface area contributed by atoms with E-state index in [1.165, 1.54) is 0 Å². The van der Waals surface area contributed by atoms with Crippen molar-refractivity contribution in [1.29, 1.82) is 0 Å². The van der Waals surface area contributed by atoms with Gasteiger partial charge in [0, 0.05) is 21.1 Å². The SMILES string of the molecule is [CH2-]C(=O)CC.[W]. The van der Waals surface area contributed by atoms with E-state index >= 15 is 0 Å². The summed E-state index contributed by atoms with van der Waals surface area (Å²) in [6.45, 7) is 4.91. The molecular formula is C4H7OW-. The fourth-order valence-corrected chi connectivity index (χ4v) is 0. The molecule has 6 heavy (non-hydrogen) atoms. The molecule has 0 radical (unpaired) electrons. The first kappa shape index (κ1) is 9.52. The van der Waals surface area contributed by atoms with Gasteiger partial charge in [0.05, 0.1) is 0 Å². The van der Waals surface area contributed by atoms with Gasteiger partial charge in [-0.25, -0.2) is 0 Å². The third-order valence-electron chi connectivity index (χ3n) is 0.394. The number of hydrogen-bond acceptors (Lipinski definition) is 1. The van der Waals surface area contributed by atoms with E-state index in [9.17, 15) is 4.79 Å². The quantitative estimate of drug-likeness (QED) is 0.633. The second-order valence-electron chi connectivity index (χ2n) is 0.892. The first-order valence-corrected chi connectivity index (χ1v) is 1.62. The molecule has 0 aromatic heterocycles. The molecule has 2 heteroatoms. The van der Waals surface area contributed by atoms with Gasteiger partial charge in [-0.3, -0.25) is 0 Å². The molecule has 0 N–H and O–H groups in total. The molecule has 0 saturated heterocycles. The molecule has 0 bridgehead atoms. The van der Waals surface area contributed by atoms with Gasteiger partial charge in [0.15, 0.2) is 0 Å². The zero-order chi connectivity index (χ0) is 4.28. The normalized spacial score (nSPS) is 6.17. The van der Waals surface area contributed by atoms with Crippen LogP contribution in [0.4, 0.5) is 0 Å². The molecule has 0 saturated carbocycles. The van der Waals surface area contributed by atoms with Gasteiger partial charge in [0.1, 0.15) is 0 Å². The standard InChI is InChI=1S/C4H7O.W/c1-3-4(2)5;/h2-3H2,1H3;/q-1;. The van der Waals surface area contributed by atoms with E-state index in [0.29, 0.717) is 6.42 Å². The maximum Gasteiger partial charge on any atom is 0 e. The van der Waals surface area contributed by atoms with Crippen LogP contribution in [0.15, 0.2) is 0 Å². The first-order chi connectivity index (χ1) is 2.27. The second-order valence-corrected chi connectivity index (χ2v) is 0.892. The second kappa shape index (κ2) is 5.23. The monoisotopic (exact) mass is 255 g/mol. The van der Waals surface area contributed by atoms with Crippen LogP contribution in [0.25, 0.3) is 0 Å². The molecule has 36 valence electrons. The topological polar surface area (TPSA) is 17.1 Å². The van der Waals surface area contributed by atoms with Crippen LogP contribution < -0.4 is 0 Å². The van der Waals surface area contributed by atoms with E-state index in [2.05, 4.69) is 6.92 Å². The van der Waals surface area contributed by atoms with Crippen molar-refractivity contribution in [3.05, 3.63) is 6.92 Å². The molecule has 0 atom stereocenters. The number of hydrogen-bond donors (Lipinski definition) is 0. The molecule has 0 fully saturated rings. The molecule has 0 aromatic carbocycles. The van der Waals surface area contributed by atoms with Crippen molar-refractivity contribution in [3.8, 4) is 0 Å². The summed E-state index contributed by atoms with van der Waals surface area (Å²) in [7, 11) is 0. The van der Waals surface area contributed by atoms with E-state index in [0.717, 1.165) is 0 Å². The van der Waals surface area contributed by atoms with Gasteiger partial charge in [-0.05, 0) is 12.2 Å². The Labute approximate surface area is 52.4 Å². The van der Waals surface area contributed by atoms with Crippen molar-refractivity contribution in [2.45, 2.75) is 13.3 Å². The number of carbonyl (C=O) groups is 1. The summed E-state index contributed by atoms with van der Waals surface area (Å²) in [5, 5.41) is 0. The van der Waals surface area contributed by atoms with Crippen molar-refractivity contribution >= 4 is 5.78 Å². The van der Waals surface area contributed by atoms with Gasteiger partial charge < -0.3 is 11.7 Å². The number of ketones is 1. The van der Waals surface area contributed by atoms with Crippen LogP contribution in [0.2, 0.25) is 0 Å². The Balaban J connectivity index is 0. The van der Waals surface area contributed by atoms with Crippen LogP contribution in [0.1, 0.15) is 13.3 Å². The minimum absolute atomic E-state index is 0. The van der Waals surface area contributed by atoms with Crippen molar-refractivity contribution in [2.75, 3.05) is 0 Å². The minimum atomic E-state index is 0. The van der Waals surface area contributed by atoms with Crippen LogP contribution in [-0.4, -0.2) is 5.78 Å². The number of Topliss-reactive ketones (excluding diaryl/α,β-unsaturated/α-hetero) is 1. The summed E-state index contributed by atoms with van der Waals surface area (Å²) >= 11 is 0. The average Bonchev–Trinajstić information content (AvgIpc) is 1.38. The summed E-state index contributed by atoms with van der Waals surface area (Å²) in [5.74, 6) is 0.00463. The summed E-state index contributed by atoms with van der Waals surface area (Å²) < 4.78 is 0. The fraction of sp³-hybridized carbons (Fsp3) is 0.500. The Kier molecular flexibility index (Phi) is 8.30. The summed E-state index contributed by atoms with van der Waals surface area (Å²) in [5.41, 5.74) is 0. The zero-order valence-electron chi connectivity index (χ0n) is 3.73. The van der Waals surface area contributed by atoms with Gasteiger partial charge in [-0.2, -0.15) is 0 Å². The van der Waals surface area contributed by atoms with Crippen LogP contribution in [-0.2, 0) is 25.9 Å². The third-order valence-corrected chi connectivity index (χ3v) is 0.394. The predicted octanol–water partition coefficient (Wildman–Crippen LogP) is 0.797. The smallest absolute Gasteiger partial charge is 0 e. The first-order valence-electron chi connectivity index (χ1n) is 1.62. The fourth-order valence-electron chi connectivity index (χ4n) is 0. The molecule has 0 aliphatic carbocycles. The molecule has 0 aliphatic rings. The van der Waals surface area contributed by atoms with Crippen LogP contribution in [0.5, 0.6) is 0 Å².